The van der Waals surface area contributed by atoms with Crippen molar-refractivity contribution in [2.75, 3.05) is 18.0 Å². The average Bonchev–Trinajstić information content (AvgIpc) is 2.29. The molecule has 1 rings (SSSR count). The number of carbonyl (C=O) groups is 2. The number of benzene rings is 1. The maximum atomic E-state index is 12.0. The molecule has 5 nitrogen and oxygen atoms in total. The van der Waals surface area contributed by atoms with Crippen molar-refractivity contribution in [3.05, 3.63) is 29.8 Å². The molecule has 4 N–H and O–H groups in total. The van der Waals surface area contributed by atoms with E-state index in [4.69, 9.17) is 11.5 Å². The monoisotopic (exact) mass is 249 g/mol. The number of amides is 2. The van der Waals surface area contributed by atoms with E-state index in [9.17, 15) is 9.59 Å². The Labute approximate surface area is 107 Å². The van der Waals surface area contributed by atoms with Crippen LogP contribution in [0.1, 0.15) is 18.4 Å². The van der Waals surface area contributed by atoms with Gasteiger partial charge in [-0.05, 0) is 24.6 Å². The van der Waals surface area contributed by atoms with Crippen LogP contribution in [0.2, 0.25) is 0 Å². The van der Waals surface area contributed by atoms with E-state index in [1.54, 1.807) is 4.90 Å². The summed E-state index contributed by atoms with van der Waals surface area (Å²) in [5.74, 6) is -0.516. The lowest BCUT2D eigenvalue weighted by Crippen LogP contribution is -2.35. The summed E-state index contributed by atoms with van der Waals surface area (Å²) in [5.41, 5.74) is 12.3. The van der Waals surface area contributed by atoms with Crippen LogP contribution in [0.4, 0.5) is 5.69 Å². The van der Waals surface area contributed by atoms with Gasteiger partial charge in [-0.1, -0.05) is 12.1 Å². The van der Waals surface area contributed by atoms with Crippen LogP contribution in [0.5, 0.6) is 0 Å². The SMILES string of the molecule is Cc1cccc(N(CCC(N)=O)C(=O)CCN)c1. The van der Waals surface area contributed by atoms with Gasteiger partial charge >= 0.3 is 0 Å². The molecule has 0 fully saturated rings. The Bertz CT molecular complexity index is 432. The van der Waals surface area contributed by atoms with Gasteiger partial charge in [0.15, 0.2) is 0 Å². The molecule has 0 saturated heterocycles. The van der Waals surface area contributed by atoms with Crippen molar-refractivity contribution >= 4 is 17.5 Å². The largest absolute Gasteiger partial charge is 0.370 e. The second kappa shape index (κ2) is 6.76. The summed E-state index contributed by atoms with van der Waals surface area (Å²) >= 11 is 0. The van der Waals surface area contributed by atoms with Gasteiger partial charge in [-0.2, -0.15) is 0 Å². The lowest BCUT2D eigenvalue weighted by atomic mass is 10.2. The summed E-state index contributed by atoms with van der Waals surface area (Å²) in [6.45, 7) is 2.53. The molecule has 0 spiro atoms. The molecule has 0 aliphatic heterocycles. The first-order valence-corrected chi connectivity index (χ1v) is 5.90. The van der Waals surface area contributed by atoms with E-state index < -0.39 is 5.91 Å². The number of aryl methyl sites for hydroxylation is 1. The number of primary amides is 1. The first-order chi connectivity index (χ1) is 8.54. The highest BCUT2D eigenvalue weighted by molar-refractivity contribution is 5.94. The summed E-state index contributed by atoms with van der Waals surface area (Å²) in [4.78, 5) is 24.4. The quantitative estimate of drug-likeness (QED) is 0.771. The van der Waals surface area contributed by atoms with Gasteiger partial charge in [0, 0.05) is 31.6 Å². The van der Waals surface area contributed by atoms with Crippen molar-refractivity contribution in [3.8, 4) is 0 Å². The molecular formula is C13H19N3O2. The zero-order valence-electron chi connectivity index (χ0n) is 10.6. The minimum Gasteiger partial charge on any atom is -0.370 e. The molecule has 0 bridgehead atoms. The van der Waals surface area contributed by atoms with Crippen LogP contribution in [-0.4, -0.2) is 24.9 Å². The normalized spacial score (nSPS) is 10.1. The Hall–Kier alpha value is -1.88. The third-order valence-corrected chi connectivity index (χ3v) is 2.55. The zero-order valence-corrected chi connectivity index (χ0v) is 10.6. The molecule has 18 heavy (non-hydrogen) atoms. The number of hydrogen-bond donors (Lipinski definition) is 2. The first-order valence-electron chi connectivity index (χ1n) is 5.90. The predicted molar refractivity (Wildman–Crippen MR) is 71.0 cm³/mol. The first kappa shape index (κ1) is 14.2. The van der Waals surface area contributed by atoms with E-state index in [0.717, 1.165) is 11.3 Å². The Morgan fingerprint density at radius 1 is 1.28 bits per heavy atom. The Morgan fingerprint density at radius 3 is 2.56 bits per heavy atom. The molecule has 0 unspecified atom stereocenters. The molecule has 1 aromatic rings. The van der Waals surface area contributed by atoms with Crippen molar-refractivity contribution in [1.82, 2.24) is 0 Å². The zero-order chi connectivity index (χ0) is 13.5. The van der Waals surface area contributed by atoms with Gasteiger partial charge in [-0.15, -0.1) is 0 Å². The van der Waals surface area contributed by atoms with Crippen molar-refractivity contribution < 1.29 is 9.59 Å². The Morgan fingerprint density at radius 2 is 2.00 bits per heavy atom. The number of anilines is 1. The van der Waals surface area contributed by atoms with E-state index in [2.05, 4.69) is 0 Å². The Balaban J connectivity index is 2.88. The standard InChI is InChI=1S/C13H19N3O2/c1-10-3-2-4-11(9-10)16(8-6-12(15)17)13(18)5-7-14/h2-4,9H,5-8,14H2,1H3,(H2,15,17). The number of carbonyl (C=O) groups excluding carboxylic acids is 2. The summed E-state index contributed by atoms with van der Waals surface area (Å²) < 4.78 is 0. The van der Waals surface area contributed by atoms with Crippen molar-refractivity contribution in [1.29, 1.82) is 0 Å². The molecule has 0 atom stereocenters. The summed E-state index contributed by atoms with van der Waals surface area (Å²) in [6.07, 6.45) is 0.400. The highest BCUT2D eigenvalue weighted by atomic mass is 16.2. The van der Waals surface area contributed by atoms with Crippen LogP contribution in [0.25, 0.3) is 0 Å². The minimum atomic E-state index is -0.423. The molecular weight excluding hydrogens is 230 g/mol. The van der Waals surface area contributed by atoms with E-state index in [1.807, 2.05) is 31.2 Å². The second-order valence-corrected chi connectivity index (χ2v) is 4.14. The van der Waals surface area contributed by atoms with Gasteiger partial charge in [0.2, 0.25) is 11.8 Å². The number of rotatable bonds is 6. The van der Waals surface area contributed by atoms with Crippen LogP contribution in [-0.2, 0) is 9.59 Å². The molecule has 1 aromatic carbocycles. The number of nitrogens with two attached hydrogens (primary N) is 2. The van der Waals surface area contributed by atoms with Gasteiger partial charge < -0.3 is 16.4 Å². The van der Waals surface area contributed by atoms with Crippen LogP contribution in [0.15, 0.2) is 24.3 Å². The maximum absolute atomic E-state index is 12.0. The van der Waals surface area contributed by atoms with Gasteiger partial charge in [0.1, 0.15) is 0 Å². The fourth-order valence-electron chi connectivity index (χ4n) is 1.67. The van der Waals surface area contributed by atoms with Gasteiger partial charge in [0.05, 0.1) is 0 Å². The Kier molecular flexibility index (Phi) is 5.32. The molecule has 2 amide bonds. The van der Waals surface area contributed by atoms with Crippen molar-refractivity contribution in [3.63, 3.8) is 0 Å². The van der Waals surface area contributed by atoms with Gasteiger partial charge in [0.25, 0.3) is 0 Å². The third kappa shape index (κ3) is 4.18. The smallest absolute Gasteiger partial charge is 0.228 e. The van der Waals surface area contributed by atoms with Crippen LogP contribution in [0, 0.1) is 6.92 Å². The molecule has 98 valence electrons. The van der Waals surface area contributed by atoms with Gasteiger partial charge in [-0.3, -0.25) is 9.59 Å². The molecule has 0 aliphatic carbocycles. The highest BCUT2D eigenvalue weighted by Crippen LogP contribution is 2.17. The molecule has 0 heterocycles. The van der Waals surface area contributed by atoms with Crippen LogP contribution < -0.4 is 16.4 Å². The van der Waals surface area contributed by atoms with Crippen molar-refractivity contribution in [2.45, 2.75) is 19.8 Å². The average molecular weight is 249 g/mol. The highest BCUT2D eigenvalue weighted by Gasteiger charge is 2.15. The topological polar surface area (TPSA) is 89.4 Å². The molecule has 0 radical (unpaired) electrons. The second-order valence-electron chi connectivity index (χ2n) is 4.14. The fraction of sp³-hybridized carbons (Fsp3) is 0.385. The van der Waals surface area contributed by atoms with E-state index in [0.29, 0.717) is 0 Å². The van der Waals surface area contributed by atoms with E-state index >= 15 is 0 Å². The molecule has 0 saturated carbocycles. The summed E-state index contributed by atoms with van der Waals surface area (Å²) in [5, 5.41) is 0. The summed E-state index contributed by atoms with van der Waals surface area (Å²) in [6, 6.07) is 7.55. The maximum Gasteiger partial charge on any atom is 0.228 e. The number of nitrogens with zero attached hydrogens (tertiary/aromatic N) is 1. The van der Waals surface area contributed by atoms with Crippen molar-refractivity contribution in [2.24, 2.45) is 11.5 Å². The molecule has 0 aromatic heterocycles. The van der Waals surface area contributed by atoms with E-state index in [-0.39, 0.29) is 31.8 Å². The predicted octanol–water partition coefficient (Wildman–Crippen LogP) is 0.552. The lowest BCUT2D eigenvalue weighted by molar-refractivity contribution is -0.119. The van der Waals surface area contributed by atoms with Crippen LogP contribution in [0.3, 0.4) is 0 Å². The summed E-state index contributed by atoms with van der Waals surface area (Å²) in [7, 11) is 0. The van der Waals surface area contributed by atoms with Gasteiger partial charge in [-0.25, -0.2) is 0 Å². The minimum absolute atomic E-state index is 0.0932. The third-order valence-electron chi connectivity index (χ3n) is 2.55. The number of hydrogen-bond acceptors (Lipinski definition) is 3. The van der Waals surface area contributed by atoms with E-state index in [1.165, 1.54) is 0 Å². The van der Waals surface area contributed by atoms with Crippen LogP contribution >= 0.6 is 0 Å². The lowest BCUT2D eigenvalue weighted by Gasteiger charge is -2.22. The molecule has 5 heteroatoms. The molecule has 0 aliphatic rings. The fourth-order valence-corrected chi connectivity index (χ4v) is 1.67.